The fourth-order valence-corrected chi connectivity index (χ4v) is 7.01. The van der Waals surface area contributed by atoms with Crippen LogP contribution in [0.3, 0.4) is 0 Å². The Balaban J connectivity index is 1.34. The molecule has 1 atom stereocenters. The first kappa shape index (κ1) is 21.7. The highest BCUT2D eigenvalue weighted by Crippen LogP contribution is 2.60. The van der Waals surface area contributed by atoms with Gasteiger partial charge in [0.25, 0.3) is 5.91 Å². The Morgan fingerprint density at radius 3 is 2.22 bits per heavy atom. The van der Waals surface area contributed by atoms with E-state index >= 15 is 4.39 Å². The summed E-state index contributed by atoms with van der Waals surface area (Å²) in [6, 6.07) is 1.89. The lowest BCUT2D eigenvalue weighted by molar-refractivity contribution is -0.140. The Morgan fingerprint density at radius 1 is 1.12 bits per heavy atom. The summed E-state index contributed by atoms with van der Waals surface area (Å²) in [6.45, 7) is 4.06. The van der Waals surface area contributed by atoms with Gasteiger partial charge in [-0.1, -0.05) is 13.8 Å². The van der Waals surface area contributed by atoms with Crippen molar-refractivity contribution in [3.05, 3.63) is 29.1 Å². The molecule has 5 nitrogen and oxygen atoms in total. The van der Waals surface area contributed by atoms with Crippen LogP contribution in [0.2, 0.25) is 0 Å². The minimum atomic E-state index is -1.12. The summed E-state index contributed by atoms with van der Waals surface area (Å²) < 4.78 is 21.3. The molecule has 32 heavy (non-hydrogen) atoms. The number of halogens is 1. The van der Waals surface area contributed by atoms with Gasteiger partial charge < -0.3 is 15.2 Å². The fraction of sp³-hybridized carbons (Fsp3) is 0.692. The lowest BCUT2D eigenvalue weighted by Crippen LogP contribution is -2.48. The second-order valence-electron chi connectivity index (χ2n) is 11.4. The number of carboxylic acid groups (broad SMARTS) is 1. The van der Waals surface area contributed by atoms with Crippen LogP contribution >= 0.6 is 0 Å². The minimum absolute atomic E-state index is 0.0963. The number of amides is 1. The first-order chi connectivity index (χ1) is 15.2. The van der Waals surface area contributed by atoms with Crippen molar-refractivity contribution in [3.63, 3.8) is 0 Å². The fourth-order valence-electron chi connectivity index (χ4n) is 7.01. The quantitative estimate of drug-likeness (QED) is 0.584. The Kier molecular flexibility index (Phi) is 5.45. The minimum Gasteiger partial charge on any atom is -0.493 e. The highest BCUT2D eigenvalue weighted by Gasteiger charge is 2.51. The maximum atomic E-state index is 15.0. The van der Waals surface area contributed by atoms with Gasteiger partial charge in [-0.2, -0.15) is 0 Å². The first-order valence-corrected chi connectivity index (χ1v) is 12.2. The summed E-state index contributed by atoms with van der Waals surface area (Å²) in [5.74, 6) is 0.594. The molecule has 5 aliphatic rings. The van der Waals surface area contributed by atoms with Gasteiger partial charge in [-0.15, -0.1) is 0 Å². The van der Waals surface area contributed by atoms with E-state index in [-0.39, 0.29) is 22.8 Å². The van der Waals surface area contributed by atoms with Crippen LogP contribution in [-0.2, 0) is 4.79 Å². The molecule has 0 radical (unpaired) electrons. The Hall–Kier alpha value is -2.11. The van der Waals surface area contributed by atoms with Crippen molar-refractivity contribution in [2.75, 3.05) is 6.61 Å². The van der Waals surface area contributed by atoms with Gasteiger partial charge in [-0.05, 0) is 92.6 Å². The van der Waals surface area contributed by atoms with Gasteiger partial charge in [-0.3, -0.25) is 4.79 Å². The van der Waals surface area contributed by atoms with E-state index in [1.54, 1.807) is 19.9 Å². The summed E-state index contributed by atoms with van der Waals surface area (Å²) in [5.41, 5.74) is 1.02. The molecule has 2 N–H and O–H groups in total. The summed E-state index contributed by atoms with van der Waals surface area (Å²) in [4.78, 5) is 24.2. The summed E-state index contributed by atoms with van der Waals surface area (Å²) in [5, 5.41) is 11.8. The molecule has 0 heterocycles. The number of carbonyl (C=O) groups is 2. The van der Waals surface area contributed by atoms with Crippen molar-refractivity contribution in [2.24, 2.45) is 29.1 Å². The number of carbonyl (C=O) groups excluding carboxylic acids is 1. The van der Waals surface area contributed by atoms with E-state index in [1.807, 2.05) is 0 Å². The maximum Gasteiger partial charge on any atom is 0.326 e. The number of benzene rings is 1. The van der Waals surface area contributed by atoms with Crippen LogP contribution in [0.1, 0.15) is 87.1 Å². The molecule has 0 aromatic heterocycles. The monoisotopic (exact) mass is 443 g/mol. The third-order valence-corrected chi connectivity index (χ3v) is 8.28. The predicted molar refractivity (Wildman–Crippen MR) is 118 cm³/mol. The number of ether oxygens (including phenoxy) is 1. The van der Waals surface area contributed by atoms with E-state index in [0.717, 1.165) is 36.2 Å². The molecule has 6 heteroatoms. The molecule has 0 spiro atoms. The molecule has 1 aromatic rings. The van der Waals surface area contributed by atoms with E-state index in [0.29, 0.717) is 12.4 Å². The Labute approximate surface area is 189 Å². The number of aliphatic carboxylic acids is 1. The second-order valence-corrected chi connectivity index (χ2v) is 11.4. The lowest BCUT2D eigenvalue weighted by Gasteiger charge is -2.56. The summed E-state index contributed by atoms with van der Waals surface area (Å²) in [7, 11) is 0. The van der Waals surface area contributed by atoms with Gasteiger partial charge in [0.05, 0.1) is 12.2 Å². The third-order valence-electron chi connectivity index (χ3n) is 8.28. The van der Waals surface area contributed by atoms with E-state index in [2.05, 4.69) is 5.32 Å². The van der Waals surface area contributed by atoms with Gasteiger partial charge in [0.2, 0.25) is 0 Å². The first-order valence-electron chi connectivity index (χ1n) is 12.2. The Bertz CT molecular complexity index is 887. The molecular weight excluding hydrogens is 409 g/mol. The van der Waals surface area contributed by atoms with E-state index in [1.165, 1.54) is 44.6 Å². The van der Waals surface area contributed by atoms with Crippen LogP contribution in [0.15, 0.2) is 12.1 Å². The molecule has 1 amide bonds. The van der Waals surface area contributed by atoms with Crippen molar-refractivity contribution in [2.45, 2.75) is 77.2 Å². The topological polar surface area (TPSA) is 75.6 Å². The zero-order valence-corrected chi connectivity index (χ0v) is 19.0. The van der Waals surface area contributed by atoms with E-state index in [9.17, 15) is 14.7 Å². The van der Waals surface area contributed by atoms with Crippen LogP contribution in [0, 0.1) is 34.9 Å². The van der Waals surface area contributed by atoms with Gasteiger partial charge >= 0.3 is 5.97 Å². The molecule has 1 aromatic carbocycles. The van der Waals surface area contributed by atoms with E-state index in [4.69, 9.17) is 4.74 Å². The van der Waals surface area contributed by atoms with Crippen molar-refractivity contribution in [1.29, 1.82) is 0 Å². The molecule has 5 saturated carbocycles. The molecule has 5 aliphatic carbocycles. The van der Waals surface area contributed by atoms with E-state index < -0.39 is 23.7 Å². The van der Waals surface area contributed by atoms with Gasteiger partial charge in [0, 0.05) is 11.5 Å². The average molecular weight is 444 g/mol. The SMILES string of the molecule is CC(C)[C@H](NC(=O)c1cc(C2CC2)c(OCC23CC4CC(CC(C4)C2)C3)cc1F)C(=O)O. The molecule has 174 valence electrons. The largest absolute Gasteiger partial charge is 0.493 e. The van der Waals surface area contributed by atoms with Crippen molar-refractivity contribution >= 4 is 11.9 Å². The molecule has 0 aliphatic heterocycles. The predicted octanol–water partition coefficient (Wildman–Crippen LogP) is 5.14. The second kappa shape index (κ2) is 8.03. The van der Waals surface area contributed by atoms with Gasteiger partial charge in [-0.25, -0.2) is 9.18 Å². The van der Waals surface area contributed by atoms with Crippen molar-refractivity contribution in [3.8, 4) is 5.75 Å². The van der Waals surface area contributed by atoms with Gasteiger partial charge in [0.1, 0.15) is 17.6 Å². The normalized spacial score (nSPS) is 31.6. The smallest absolute Gasteiger partial charge is 0.326 e. The standard InChI is InChI=1S/C26H34FNO4/c1-14(2)23(25(30)31)28-24(29)20-8-19(18-3-4-18)22(9-21(20)27)32-13-26-10-15-5-16(11-26)7-17(6-15)12-26/h8-9,14-18,23H,3-7,10-13H2,1-2H3,(H,28,29)(H,30,31)/t15?,16?,17?,23-,26?/m0/s1. The van der Waals surface area contributed by atoms with Crippen LogP contribution < -0.4 is 10.1 Å². The highest BCUT2D eigenvalue weighted by atomic mass is 19.1. The molecule has 6 rings (SSSR count). The average Bonchev–Trinajstić information content (AvgIpc) is 3.54. The van der Waals surface area contributed by atoms with Gasteiger partial charge in [0.15, 0.2) is 0 Å². The molecule has 0 saturated heterocycles. The highest BCUT2D eigenvalue weighted by molar-refractivity contribution is 5.97. The molecule has 5 fully saturated rings. The number of rotatable bonds is 8. The van der Waals surface area contributed by atoms with Crippen molar-refractivity contribution in [1.82, 2.24) is 5.32 Å². The maximum absolute atomic E-state index is 15.0. The number of nitrogens with one attached hydrogen (secondary N) is 1. The molecular formula is C26H34FNO4. The number of hydrogen-bond donors (Lipinski definition) is 2. The van der Waals surface area contributed by atoms with Crippen LogP contribution in [0.25, 0.3) is 0 Å². The van der Waals surface area contributed by atoms with Crippen LogP contribution in [0.4, 0.5) is 4.39 Å². The number of hydrogen-bond acceptors (Lipinski definition) is 3. The number of carboxylic acids is 1. The Morgan fingerprint density at radius 2 is 1.72 bits per heavy atom. The lowest BCUT2D eigenvalue weighted by atomic mass is 9.50. The zero-order chi connectivity index (χ0) is 22.6. The summed E-state index contributed by atoms with van der Waals surface area (Å²) in [6.07, 6.45) is 9.82. The third kappa shape index (κ3) is 4.13. The van der Waals surface area contributed by atoms with Crippen LogP contribution in [-0.4, -0.2) is 29.6 Å². The zero-order valence-electron chi connectivity index (χ0n) is 19.0. The van der Waals surface area contributed by atoms with Crippen molar-refractivity contribution < 1.29 is 23.8 Å². The van der Waals surface area contributed by atoms with Crippen LogP contribution in [0.5, 0.6) is 5.75 Å². The summed E-state index contributed by atoms with van der Waals surface area (Å²) >= 11 is 0. The molecule has 4 bridgehead atoms. The molecule has 0 unspecified atom stereocenters.